The molecule has 1 aliphatic heterocycles. The van der Waals surface area contributed by atoms with Crippen molar-refractivity contribution in [3.63, 3.8) is 0 Å². The molecule has 0 unspecified atom stereocenters. The standard InChI is InChI=1S/C9H8N4O/c10-3-7-4-11-6-12-9(7)13-2-1-8(14)5-13/h4,6H,1-2,5H2. The van der Waals surface area contributed by atoms with E-state index in [1.807, 2.05) is 11.0 Å². The number of carbonyl (C=O) groups excluding carboxylic acids is 1. The van der Waals surface area contributed by atoms with E-state index in [2.05, 4.69) is 9.97 Å². The van der Waals surface area contributed by atoms with Crippen LogP contribution < -0.4 is 4.90 Å². The second-order valence-corrected chi connectivity index (χ2v) is 3.08. The molecule has 1 aliphatic rings. The molecular formula is C9H8N4O. The molecule has 5 heteroatoms. The Labute approximate surface area is 81.0 Å². The third kappa shape index (κ3) is 1.42. The Morgan fingerprint density at radius 2 is 2.43 bits per heavy atom. The highest BCUT2D eigenvalue weighted by Crippen LogP contribution is 2.18. The highest BCUT2D eigenvalue weighted by molar-refractivity contribution is 5.87. The summed E-state index contributed by atoms with van der Waals surface area (Å²) in [6.45, 7) is 0.996. The molecule has 0 radical (unpaired) electrons. The number of carbonyl (C=O) groups is 1. The van der Waals surface area contributed by atoms with Crippen molar-refractivity contribution in [3.8, 4) is 6.07 Å². The molecule has 1 aromatic rings. The number of Topliss-reactive ketones (excluding diaryl/α,β-unsaturated/α-hetero) is 1. The summed E-state index contributed by atoms with van der Waals surface area (Å²) in [6.07, 6.45) is 3.39. The van der Waals surface area contributed by atoms with Crippen LogP contribution in [-0.2, 0) is 4.79 Å². The number of aromatic nitrogens is 2. The Hall–Kier alpha value is -1.96. The molecule has 0 saturated carbocycles. The maximum absolute atomic E-state index is 11.1. The van der Waals surface area contributed by atoms with Gasteiger partial charge >= 0.3 is 0 Å². The minimum absolute atomic E-state index is 0.188. The highest BCUT2D eigenvalue weighted by atomic mass is 16.1. The first-order valence-electron chi connectivity index (χ1n) is 4.28. The molecule has 0 bridgehead atoms. The number of anilines is 1. The number of nitriles is 1. The number of hydrogen-bond acceptors (Lipinski definition) is 5. The molecule has 1 saturated heterocycles. The van der Waals surface area contributed by atoms with E-state index in [0.29, 0.717) is 30.9 Å². The average molecular weight is 188 g/mol. The summed E-state index contributed by atoms with van der Waals surface area (Å²) < 4.78 is 0. The Bertz CT molecular complexity index is 410. The Morgan fingerprint density at radius 1 is 1.57 bits per heavy atom. The molecule has 0 spiro atoms. The van der Waals surface area contributed by atoms with Crippen LogP contribution >= 0.6 is 0 Å². The number of nitrogens with zero attached hydrogens (tertiary/aromatic N) is 4. The minimum atomic E-state index is 0.188. The third-order valence-corrected chi connectivity index (χ3v) is 2.14. The average Bonchev–Trinajstić information content (AvgIpc) is 2.65. The van der Waals surface area contributed by atoms with Crippen LogP contribution in [0.4, 0.5) is 5.82 Å². The van der Waals surface area contributed by atoms with E-state index in [4.69, 9.17) is 5.26 Å². The van der Waals surface area contributed by atoms with E-state index in [9.17, 15) is 4.79 Å². The van der Waals surface area contributed by atoms with Crippen LogP contribution in [0.15, 0.2) is 12.5 Å². The number of ketones is 1. The first-order valence-corrected chi connectivity index (χ1v) is 4.28. The van der Waals surface area contributed by atoms with Crippen LogP contribution in [-0.4, -0.2) is 28.8 Å². The Morgan fingerprint density at radius 3 is 3.07 bits per heavy atom. The third-order valence-electron chi connectivity index (χ3n) is 2.14. The van der Waals surface area contributed by atoms with Crippen LogP contribution in [0.1, 0.15) is 12.0 Å². The van der Waals surface area contributed by atoms with E-state index in [0.717, 1.165) is 0 Å². The molecule has 0 N–H and O–H groups in total. The summed E-state index contributed by atoms with van der Waals surface area (Å²) in [5.74, 6) is 0.751. The molecule has 2 heterocycles. The van der Waals surface area contributed by atoms with Gasteiger partial charge in [-0.2, -0.15) is 5.26 Å². The monoisotopic (exact) mass is 188 g/mol. The fraction of sp³-hybridized carbons (Fsp3) is 0.333. The SMILES string of the molecule is N#Cc1cncnc1N1CCC(=O)C1. The molecule has 70 valence electrons. The van der Waals surface area contributed by atoms with Gasteiger partial charge in [0.1, 0.15) is 23.8 Å². The summed E-state index contributed by atoms with van der Waals surface area (Å²) in [7, 11) is 0. The van der Waals surface area contributed by atoms with Gasteiger partial charge in [0, 0.05) is 13.0 Å². The zero-order chi connectivity index (χ0) is 9.97. The first kappa shape index (κ1) is 8.63. The number of hydrogen-bond donors (Lipinski definition) is 0. The van der Waals surface area contributed by atoms with E-state index >= 15 is 0 Å². The second-order valence-electron chi connectivity index (χ2n) is 3.08. The van der Waals surface area contributed by atoms with Gasteiger partial charge in [0.25, 0.3) is 0 Å². The van der Waals surface area contributed by atoms with E-state index in [1.165, 1.54) is 12.5 Å². The fourth-order valence-corrected chi connectivity index (χ4v) is 1.47. The second kappa shape index (κ2) is 3.42. The van der Waals surface area contributed by atoms with E-state index in [-0.39, 0.29) is 5.78 Å². The Kier molecular flexibility index (Phi) is 2.11. The summed E-state index contributed by atoms with van der Waals surface area (Å²) in [5, 5.41) is 8.80. The van der Waals surface area contributed by atoms with Crippen molar-refractivity contribution in [2.75, 3.05) is 18.0 Å². The molecule has 5 nitrogen and oxygen atoms in total. The Balaban J connectivity index is 2.33. The van der Waals surface area contributed by atoms with Gasteiger partial charge in [-0.25, -0.2) is 9.97 Å². The van der Waals surface area contributed by atoms with Crippen LogP contribution in [0.5, 0.6) is 0 Å². The molecule has 0 aromatic carbocycles. The van der Waals surface area contributed by atoms with Crippen LogP contribution in [0.2, 0.25) is 0 Å². The smallest absolute Gasteiger partial charge is 0.153 e. The lowest BCUT2D eigenvalue weighted by atomic mass is 10.3. The minimum Gasteiger partial charge on any atom is -0.348 e. The van der Waals surface area contributed by atoms with Gasteiger partial charge in [-0.05, 0) is 0 Å². The van der Waals surface area contributed by atoms with Gasteiger partial charge in [-0.15, -0.1) is 0 Å². The van der Waals surface area contributed by atoms with Gasteiger partial charge in [0.15, 0.2) is 5.78 Å². The van der Waals surface area contributed by atoms with Gasteiger partial charge in [0.05, 0.1) is 12.7 Å². The summed E-state index contributed by atoms with van der Waals surface area (Å²) in [4.78, 5) is 20.6. The fourth-order valence-electron chi connectivity index (χ4n) is 1.47. The zero-order valence-electron chi connectivity index (χ0n) is 7.47. The summed E-state index contributed by atoms with van der Waals surface area (Å²) in [6, 6.07) is 2.01. The lowest BCUT2D eigenvalue weighted by Crippen LogP contribution is -2.21. The molecule has 1 aromatic heterocycles. The van der Waals surface area contributed by atoms with Crippen LogP contribution in [0, 0.1) is 11.3 Å². The van der Waals surface area contributed by atoms with Crippen molar-refractivity contribution in [3.05, 3.63) is 18.1 Å². The zero-order valence-corrected chi connectivity index (χ0v) is 7.47. The molecule has 14 heavy (non-hydrogen) atoms. The van der Waals surface area contributed by atoms with Crippen molar-refractivity contribution >= 4 is 11.6 Å². The van der Waals surface area contributed by atoms with E-state index < -0.39 is 0 Å². The maximum atomic E-state index is 11.1. The summed E-state index contributed by atoms with van der Waals surface area (Å²) >= 11 is 0. The van der Waals surface area contributed by atoms with Crippen molar-refractivity contribution in [2.24, 2.45) is 0 Å². The predicted molar refractivity (Wildman–Crippen MR) is 48.6 cm³/mol. The van der Waals surface area contributed by atoms with Crippen molar-refractivity contribution in [1.29, 1.82) is 5.26 Å². The molecule has 1 fully saturated rings. The van der Waals surface area contributed by atoms with Gasteiger partial charge in [0.2, 0.25) is 0 Å². The van der Waals surface area contributed by atoms with Crippen LogP contribution in [0.25, 0.3) is 0 Å². The lowest BCUT2D eigenvalue weighted by Gasteiger charge is -2.15. The molecule has 2 rings (SSSR count). The van der Waals surface area contributed by atoms with E-state index in [1.54, 1.807) is 0 Å². The van der Waals surface area contributed by atoms with Crippen LogP contribution in [0.3, 0.4) is 0 Å². The molecule has 0 aliphatic carbocycles. The maximum Gasteiger partial charge on any atom is 0.153 e. The van der Waals surface area contributed by atoms with Crippen molar-refractivity contribution < 1.29 is 4.79 Å². The van der Waals surface area contributed by atoms with Crippen molar-refractivity contribution in [2.45, 2.75) is 6.42 Å². The summed E-state index contributed by atoms with van der Waals surface area (Å²) in [5.41, 5.74) is 0.419. The van der Waals surface area contributed by atoms with Gasteiger partial charge in [-0.1, -0.05) is 0 Å². The quantitative estimate of drug-likeness (QED) is 0.626. The molecule has 0 atom stereocenters. The van der Waals surface area contributed by atoms with Crippen molar-refractivity contribution in [1.82, 2.24) is 9.97 Å². The highest BCUT2D eigenvalue weighted by Gasteiger charge is 2.22. The van der Waals surface area contributed by atoms with Gasteiger partial charge < -0.3 is 4.90 Å². The normalized spacial score (nSPS) is 15.6. The molecular weight excluding hydrogens is 180 g/mol. The lowest BCUT2D eigenvalue weighted by molar-refractivity contribution is -0.116. The topological polar surface area (TPSA) is 69.9 Å². The largest absolute Gasteiger partial charge is 0.348 e. The first-order chi connectivity index (χ1) is 6.81. The molecule has 0 amide bonds. The predicted octanol–water partition coefficient (Wildman–Crippen LogP) is 0.127. The number of rotatable bonds is 1. The van der Waals surface area contributed by atoms with Gasteiger partial charge in [-0.3, -0.25) is 4.79 Å².